The first-order chi connectivity index (χ1) is 16.9. The molecule has 1 aliphatic carbocycles. The summed E-state index contributed by atoms with van der Waals surface area (Å²) < 4.78 is 40.7. The Bertz CT molecular complexity index is 1160. The lowest BCUT2D eigenvalue weighted by molar-refractivity contribution is -0.274. The molecule has 3 aromatic rings. The number of hydrogen-bond acceptors (Lipinski definition) is 1. The number of halogens is 3. The molecule has 0 heterocycles. The van der Waals surface area contributed by atoms with Crippen LogP contribution < -0.4 is 4.74 Å². The minimum absolute atomic E-state index is 0.255. The molecule has 3 aromatic carbocycles. The SMILES string of the molecule is C=CCC[C@H]1CC[C@H](c2ccc(-c3ccc(C#Cc4ccc(OC(F)(F)F)cc4)cc3)cc2)CC1. The molecule has 1 aliphatic rings. The number of benzene rings is 3. The molecule has 35 heavy (non-hydrogen) atoms. The van der Waals surface area contributed by atoms with Gasteiger partial charge in [0.05, 0.1) is 0 Å². The van der Waals surface area contributed by atoms with E-state index in [1.165, 1.54) is 67.5 Å². The molecule has 0 saturated heterocycles. The second kappa shape index (κ2) is 11.3. The number of hydrogen-bond donors (Lipinski definition) is 0. The summed E-state index contributed by atoms with van der Waals surface area (Å²) in [5.41, 5.74) is 5.20. The number of ether oxygens (including phenoxy) is 1. The average Bonchev–Trinajstić information content (AvgIpc) is 2.87. The maximum atomic E-state index is 12.3. The van der Waals surface area contributed by atoms with E-state index >= 15 is 0 Å². The third-order valence-corrected chi connectivity index (χ3v) is 6.67. The Balaban J connectivity index is 1.34. The maximum absolute atomic E-state index is 12.3. The largest absolute Gasteiger partial charge is 0.573 e. The van der Waals surface area contributed by atoms with Crippen molar-refractivity contribution < 1.29 is 17.9 Å². The van der Waals surface area contributed by atoms with Crippen LogP contribution in [0.3, 0.4) is 0 Å². The quantitative estimate of drug-likeness (QED) is 0.256. The lowest BCUT2D eigenvalue weighted by atomic mass is 9.77. The van der Waals surface area contributed by atoms with Gasteiger partial charge in [0.15, 0.2) is 0 Å². The molecular formula is C31H29F3O. The Morgan fingerprint density at radius 1 is 0.771 bits per heavy atom. The van der Waals surface area contributed by atoms with Crippen molar-refractivity contribution in [2.24, 2.45) is 5.92 Å². The molecule has 1 nitrogen and oxygen atoms in total. The van der Waals surface area contributed by atoms with Gasteiger partial charge in [-0.2, -0.15) is 0 Å². The van der Waals surface area contributed by atoms with Gasteiger partial charge in [-0.15, -0.1) is 19.8 Å². The molecule has 1 fully saturated rings. The molecule has 180 valence electrons. The second-order valence-corrected chi connectivity index (χ2v) is 9.11. The molecule has 0 aliphatic heterocycles. The summed E-state index contributed by atoms with van der Waals surface area (Å²) in [5.74, 6) is 7.30. The van der Waals surface area contributed by atoms with Crippen molar-refractivity contribution in [2.45, 2.75) is 50.8 Å². The lowest BCUT2D eigenvalue weighted by Gasteiger charge is -2.28. The van der Waals surface area contributed by atoms with Gasteiger partial charge in [-0.05, 0) is 103 Å². The fourth-order valence-corrected chi connectivity index (χ4v) is 4.72. The van der Waals surface area contributed by atoms with Crippen molar-refractivity contribution >= 4 is 0 Å². The topological polar surface area (TPSA) is 9.23 Å². The smallest absolute Gasteiger partial charge is 0.406 e. The Morgan fingerprint density at radius 3 is 1.80 bits per heavy atom. The molecular weight excluding hydrogens is 445 g/mol. The predicted octanol–water partition coefficient (Wildman–Crippen LogP) is 8.89. The van der Waals surface area contributed by atoms with Gasteiger partial charge in [0.2, 0.25) is 0 Å². The molecule has 0 N–H and O–H groups in total. The molecule has 0 radical (unpaired) electrons. The van der Waals surface area contributed by atoms with E-state index in [2.05, 4.69) is 47.4 Å². The summed E-state index contributed by atoms with van der Waals surface area (Å²) in [6.07, 6.45) is 4.91. The van der Waals surface area contributed by atoms with E-state index in [-0.39, 0.29) is 5.75 Å². The van der Waals surface area contributed by atoms with E-state index in [1.807, 2.05) is 30.3 Å². The Kier molecular flexibility index (Phi) is 7.98. The molecule has 0 unspecified atom stereocenters. The first-order valence-electron chi connectivity index (χ1n) is 12.1. The maximum Gasteiger partial charge on any atom is 0.573 e. The van der Waals surface area contributed by atoms with Crippen LogP contribution in [0, 0.1) is 17.8 Å². The van der Waals surface area contributed by atoms with Crippen LogP contribution in [-0.2, 0) is 0 Å². The highest BCUT2D eigenvalue weighted by Gasteiger charge is 2.30. The second-order valence-electron chi connectivity index (χ2n) is 9.11. The molecule has 4 rings (SSSR count). The summed E-state index contributed by atoms with van der Waals surface area (Å²) in [6.45, 7) is 3.84. The molecule has 0 atom stereocenters. The minimum atomic E-state index is -4.69. The van der Waals surface area contributed by atoms with Gasteiger partial charge < -0.3 is 4.74 Å². The van der Waals surface area contributed by atoms with Crippen LogP contribution in [-0.4, -0.2) is 6.36 Å². The zero-order valence-corrected chi connectivity index (χ0v) is 19.7. The van der Waals surface area contributed by atoms with E-state index in [4.69, 9.17) is 0 Å². The van der Waals surface area contributed by atoms with Crippen LogP contribution in [0.2, 0.25) is 0 Å². The van der Waals surface area contributed by atoms with Crippen molar-refractivity contribution in [3.63, 3.8) is 0 Å². The first kappa shape index (κ1) is 24.7. The van der Waals surface area contributed by atoms with Crippen LogP contribution in [0.15, 0.2) is 85.5 Å². The summed E-state index contributed by atoms with van der Waals surface area (Å²) in [4.78, 5) is 0. The standard InChI is InChI=1S/C31H29F3O/c1-2-3-4-23-7-13-26(14-8-23)28-17-19-29(20-18-28)27-15-9-24(10-16-27)5-6-25-11-21-30(22-12-25)35-31(32,33)34/h2,9-12,15-23,26H,1,3-4,7-8,13-14H2/t23-,26-. The van der Waals surface area contributed by atoms with Crippen LogP contribution in [0.5, 0.6) is 5.75 Å². The van der Waals surface area contributed by atoms with E-state index in [1.54, 1.807) is 0 Å². The van der Waals surface area contributed by atoms with Crippen LogP contribution >= 0.6 is 0 Å². The van der Waals surface area contributed by atoms with E-state index in [0.29, 0.717) is 11.5 Å². The Morgan fingerprint density at radius 2 is 1.29 bits per heavy atom. The van der Waals surface area contributed by atoms with Crippen LogP contribution in [0.4, 0.5) is 13.2 Å². The van der Waals surface area contributed by atoms with Gasteiger partial charge in [-0.3, -0.25) is 0 Å². The Labute approximate surface area is 205 Å². The van der Waals surface area contributed by atoms with Gasteiger partial charge in [0.25, 0.3) is 0 Å². The minimum Gasteiger partial charge on any atom is -0.406 e. The number of alkyl halides is 3. The molecule has 0 bridgehead atoms. The van der Waals surface area contributed by atoms with Crippen molar-refractivity contribution in [3.05, 3.63) is 102 Å². The van der Waals surface area contributed by atoms with Crippen molar-refractivity contribution in [2.75, 3.05) is 0 Å². The van der Waals surface area contributed by atoms with Crippen molar-refractivity contribution in [1.29, 1.82) is 0 Å². The fourth-order valence-electron chi connectivity index (χ4n) is 4.72. The van der Waals surface area contributed by atoms with Gasteiger partial charge in [-0.25, -0.2) is 0 Å². The van der Waals surface area contributed by atoms with E-state index in [0.717, 1.165) is 23.5 Å². The zero-order chi connectivity index (χ0) is 24.7. The predicted molar refractivity (Wildman–Crippen MR) is 135 cm³/mol. The highest BCUT2D eigenvalue weighted by atomic mass is 19.4. The highest BCUT2D eigenvalue weighted by molar-refractivity contribution is 5.65. The molecule has 0 amide bonds. The summed E-state index contributed by atoms with van der Waals surface area (Å²) in [5, 5.41) is 0. The Hall–Kier alpha value is -3.45. The summed E-state index contributed by atoms with van der Waals surface area (Å²) >= 11 is 0. The molecule has 4 heteroatoms. The lowest BCUT2D eigenvalue weighted by Crippen LogP contribution is -2.16. The van der Waals surface area contributed by atoms with Gasteiger partial charge in [0.1, 0.15) is 5.75 Å². The summed E-state index contributed by atoms with van der Waals surface area (Å²) in [6, 6.07) is 22.5. The number of allylic oxidation sites excluding steroid dienone is 1. The summed E-state index contributed by atoms with van der Waals surface area (Å²) in [7, 11) is 0. The third-order valence-electron chi connectivity index (χ3n) is 6.67. The van der Waals surface area contributed by atoms with Gasteiger partial charge >= 0.3 is 6.36 Å². The van der Waals surface area contributed by atoms with Crippen LogP contribution in [0.25, 0.3) is 11.1 Å². The van der Waals surface area contributed by atoms with E-state index in [9.17, 15) is 13.2 Å². The van der Waals surface area contributed by atoms with E-state index < -0.39 is 6.36 Å². The van der Waals surface area contributed by atoms with Crippen molar-refractivity contribution in [1.82, 2.24) is 0 Å². The molecule has 0 aromatic heterocycles. The fraction of sp³-hybridized carbons (Fsp3) is 0.290. The molecule has 0 spiro atoms. The first-order valence-corrected chi connectivity index (χ1v) is 12.1. The molecule has 1 saturated carbocycles. The van der Waals surface area contributed by atoms with Gasteiger partial charge in [0, 0.05) is 11.1 Å². The third kappa shape index (κ3) is 7.26. The normalized spacial score (nSPS) is 17.8. The van der Waals surface area contributed by atoms with Gasteiger partial charge in [-0.1, -0.05) is 54.3 Å². The van der Waals surface area contributed by atoms with Crippen molar-refractivity contribution in [3.8, 4) is 28.7 Å². The van der Waals surface area contributed by atoms with Crippen LogP contribution in [0.1, 0.15) is 61.1 Å². The number of rotatable bonds is 6. The zero-order valence-electron chi connectivity index (χ0n) is 19.7. The monoisotopic (exact) mass is 474 g/mol. The average molecular weight is 475 g/mol. The highest BCUT2D eigenvalue weighted by Crippen LogP contribution is 2.38.